The van der Waals surface area contributed by atoms with E-state index in [4.69, 9.17) is 9.57 Å². The normalized spacial score (nSPS) is 22.7. The molecule has 2 aliphatic heterocycles. The molecule has 2 heterocycles. The maximum atomic E-state index is 13.6. The average Bonchev–Trinajstić information content (AvgIpc) is 3.31. The van der Waals surface area contributed by atoms with Crippen LogP contribution >= 0.6 is 15.9 Å². The van der Waals surface area contributed by atoms with Gasteiger partial charge in [0.05, 0.1) is 24.5 Å². The van der Waals surface area contributed by atoms with Crippen molar-refractivity contribution in [1.29, 1.82) is 0 Å². The summed E-state index contributed by atoms with van der Waals surface area (Å²) in [5.74, 6) is -0.633. The van der Waals surface area contributed by atoms with Crippen LogP contribution in [0.25, 0.3) is 0 Å². The van der Waals surface area contributed by atoms with Crippen molar-refractivity contribution in [1.82, 2.24) is 0 Å². The highest BCUT2D eigenvalue weighted by Crippen LogP contribution is 2.48. The number of nitrogens with zero attached hydrogens (tertiary/aromatic N) is 2. The third-order valence-corrected chi connectivity index (χ3v) is 6.17. The number of ether oxygens (including phenoxy) is 1. The second-order valence-corrected chi connectivity index (χ2v) is 8.34. The summed E-state index contributed by atoms with van der Waals surface area (Å²) in [7, 11) is 1.60. The molecule has 6 nitrogen and oxygen atoms in total. The molecule has 3 aromatic rings. The van der Waals surface area contributed by atoms with E-state index in [1.54, 1.807) is 36.4 Å². The summed E-state index contributed by atoms with van der Waals surface area (Å²) in [5, 5.41) is 1.68. The summed E-state index contributed by atoms with van der Waals surface area (Å²) in [6, 6.07) is 23.7. The fourth-order valence-electron chi connectivity index (χ4n) is 4.22. The number of hydrogen-bond donors (Lipinski definition) is 0. The van der Waals surface area contributed by atoms with Gasteiger partial charge >= 0.3 is 0 Å². The summed E-state index contributed by atoms with van der Waals surface area (Å²) in [6.07, 6.45) is -0.896. The second-order valence-electron chi connectivity index (χ2n) is 7.42. The van der Waals surface area contributed by atoms with Crippen molar-refractivity contribution < 1.29 is 19.2 Å². The van der Waals surface area contributed by atoms with Crippen LogP contribution in [0.4, 0.5) is 11.4 Å². The SMILES string of the molecule is COc1cccc([C@H]2[C@H]3C(=O)N(c4ccc(Br)cc4)C(=O)[C@H]3ON2c2ccccc2)c1. The third kappa shape index (κ3) is 3.30. The lowest BCUT2D eigenvalue weighted by molar-refractivity contribution is -0.126. The Bertz CT molecular complexity index is 1140. The first-order valence-electron chi connectivity index (χ1n) is 9.87. The molecule has 3 aromatic carbocycles. The van der Waals surface area contributed by atoms with Crippen molar-refractivity contribution >= 4 is 39.1 Å². The molecule has 5 rings (SSSR count). The van der Waals surface area contributed by atoms with Gasteiger partial charge in [-0.25, -0.2) is 9.96 Å². The molecule has 2 fully saturated rings. The first kappa shape index (κ1) is 19.8. The number of benzene rings is 3. The van der Waals surface area contributed by atoms with Crippen molar-refractivity contribution in [3.05, 3.63) is 88.9 Å². The van der Waals surface area contributed by atoms with Crippen LogP contribution in [0.1, 0.15) is 11.6 Å². The largest absolute Gasteiger partial charge is 0.497 e. The molecule has 0 aliphatic carbocycles. The summed E-state index contributed by atoms with van der Waals surface area (Å²) < 4.78 is 6.26. The molecule has 31 heavy (non-hydrogen) atoms. The number of amides is 2. The molecule has 2 aliphatic rings. The van der Waals surface area contributed by atoms with Gasteiger partial charge in [0.1, 0.15) is 11.7 Å². The van der Waals surface area contributed by atoms with E-state index in [1.165, 1.54) is 4.90 Å². The maximum absolute atomic E-state index is 13.6. The lowest BCUT2D eigenvalue weighted by Gasteiger charge is -2.29. The van der Waals surface area contributed by atoms with E-state index < -0.39 is 18.1 Å². The maximum Gasteiger partial charge on any atom is 0.266 e. The predicted molar refractivity (Wildman–Crippen MR) is 120 cm³/mol. The van der Waals surface area contributed by atoms with Crippen LogP contribution in [0.5, 0.6) is 5.75 Å². The van der Waals surface area contributed by atoms with E-state index >= 15 is 0 Å². The van der Waals surface area contributed by atoms with E-state index in [0.717, 1.165) is 15.7 Å². The minimum absolute atomic E-state index is 0.274. The third-order valence-electron chi connectivity index (χ3n) is 5.65. The number of methoxy groups -OCH3 is 1. The number of anilines is 2. The van der Waals surface area contributed by atoms with E-state index in [9.17, 15) is 9.59 Å². The number of halogens is 1. The molecule has 0 aromatic heterocycles. The van der Waals surface area contributed by atoms with Crippen LogP contribution in [0.2, 0.25) is 0 Å². The standard InChI is InChI=1S/C24H19BrN2O4/c1-30-19-9-5-6-15(14-19)21-20-22(31-27(21)18-7-3-2-4-8-18)24(29)26(23(20)28)17-12-10-16(25)11-13-17/h2-14,20-22H,1H3/t20-,21+,22+/m1/s1. The molecule has 0 unspecified atom stereocenters. The Hall–Kier alpha value is -3.16. The van der Waals surface area contributed by atoms with Crippen LogP contribution < -0.4 is 14.7 Å². The van der Waals surface area contributed by atoms with E-state index in [1.807, 2.05) is 54.6 Å². The van der Waals surface area contributed by atoms with Crippen molar-refractivity contribution in [3.63, 3.8) is 0 Å². The monoisotopic (exact) mass is 478 g/mol. The van der Waals surface area contributed by atoms with Gasteiger partial charge in [-0.2, -0.15) is 0 Å². The minimum Gasteiger partial charge on any atom is -0.497 e. The first-order valence-corrected chi connectivity index (χ1v) is 10.7. The number of para-hydroxylation sites is 1. The van der Waals surface area contributed by atoms with Crippen LogP contribution in [-0.2, 0) is 14.4 Å². The number of imide groups is 1. The summed E-state index contributed by atoms with van der Waals surface area (Å²) >= 11 is 3.39. The first-order chi connectivity index (χ1) is 15.1. The molecule has 3 atom stereocenters. The topological polar surface area (TPSA) is 59.1 Å². The molecule has 2 amide bonds. The smallest absolute Gasteiger partial charge is 0.266 e. The summed E-state index contributed by atoms with van der Waals surface area (Å²) in [6.45, 7) is 0. The van der Waals surface area contributed by atoms with Gasteiger partial charge in [-0.05, 0) is 54.1 Å². The summed E-state index contributed by atoms with van der Waals surface area (Å²) in [5.41, 5.74) is 2.15. The molecule has 156 valence electrons. The Kier molecular flexibility index (Phi) is 5.00. The number of fused-ring (bicyclic) bond motifs is 1. The van der Waals surface area contributed by atoms with Gasteiger partial charge in [-0.15, -0.1) is 0 Å². The van der Waals surface area contributed by atoms with Gasteiger partial charge in [0.25, 0.3) is 5.91 Å². The quantitative estimate of drug-likeness (QED) is 0.516. The molecule has 0 spiro atoms. The van der Waals surface area contributed by atoms with Crippen molar-refractivity contribution in [2.45, 2.75) is 12.1 Å². The molecule has 0 bridgehead atoms. The molecule has 0 radical (unpaired) electrons. The zero-order chi connectivity index (χ0) is 21.5. The number of carbonyl (C=O) groups excluding carboxylic acids is 2. The van der Waals surface area contributed by atoms with Gasteiger partial charge in [0.2, 0.25) is 5.91 Å². The van der Waals surface area contributed by atoms with Crippen LogP contribution in [0.3, 0.4) is 0 Å². The Morgan fingerprint density at radius 2 is 1.61 bits per heavy atom. The van der Waals surface area contributed by atoms with Gasteiger partial charge in [0, 0.05) is 4.47 Å². The van der Waals surface area contributed by atoms with Crippen molar-refractivity contribution in [2.24, 2.45) is 5.92 Å². The van der Waals surface area contributed by atoms with Gasteiger partial charge < -0.3 is 4.74 Å². The van der Waals surface area contributed by atoms with Crippen molar-refractivity contribution in [3.8, 4) is 5.75 Å². The van der Waals surface area contributed by atoms with E-state index in [0.29, 0.717) is 11.4 Å². The molecule has 2 saturated heterocycles. The Labute approximate surface area is 188 Å². The zero-order valence-corrected chi connectivity index (χ0v) is 18.2. The highest BCUT2D eigenvalue weighted by molar-refractivity contribution is 9.10. The van der Waals surface area contributed by atoms with Gasteiger partial charge in [0.15, 0.2) is 6.10 Å². The Morgan fingerprint density at radius 1 is 0.871 bits per heavy atom. The Morgan fingerprint density at radius 3 is 2.32 bits per heavy atom. The molecule has 7 heteroatoms. The Balaban J connectivity index is 1.59. The molecule has 0 N–H and O–H groups in total. The van der Waals surface area contributed by atoms with Crippen LogP contribution in [0, 0.1) is 5.92 Å². The predicted octanol–water partition coefficient (Wildman–Crippen LogP) is 4.51. The molecular formula is C24H19BrN2O4. The number of hydrogen-bond acceptors (Lipinski definition) is 5. The fourth-order valence-corrected chi connectivity index (χ4v) is 4.49. The van der Waals surface area contributed by atoms with Gasteiger partial charge in [-0.1, -0.05) is 46.3 Å². The summed E-state index contributed by atoms with van der Waals surface area (Å²) in [4.78, 5) is 34.2. The lowest BCUT2D eigenvalue weighted by Crippen LogP contribution is -2.37. The van der Waals surface area contributed by atoms with Crippen molar-refractivity contribution in [2.75, 3.05) is 17.1 Å². The van der Waals surface area contributed by atoms with Crippen LogP contribution in [0.15, 0.2) is 83.3 Å². The highest BCUT2D eigenvalue weighted by Gasteiger charge is 2.60. The van der Waals surface area contributed by atoms with Crippen LogP contribution in [-0.4, -0.2) is 25.0 Å². The average molecular weight is 479 g/mol. The second kappa shape index (κ2) is 7.83. The lowest BCUT2D eigenvalue weighted by atomic mass is 9.90. The molecular weight excluding hydrogens is 460 g/mol. The van der Waals surface area contributed by atoms with Gasteiger partial charge in [-0.3, -0.25) is 14.4 Å². The number of rotatable bonds is 4. The minimum atomic E-state index is -0.896. The number of hydroxylamine groups is 1. The van der Waals surface area contributed by atoms with E-state index in [-0.39, 0.29) is 11.8 Å². The molecule has 0 saturated carbocycles. The highest BCUT2D eigenvalue weighted by atomic mass is 79.9. The number of carbonyl (C=O) groups is 2. The van der Waals surface area contributed by atoms with E-state index in [2.05, 4.69) is 15.9 Å². The fraction of sp³-hybridized carbons (Fsp3) is 0.167. The zero-order valence-electron chi connectivity index (χ0n) is 16.6.